The summed E-state index contributed by atoms with van der Waals surface area (Å²) in [6.45, 7) is -0.254. The lowest BCUT2D eigenvalue weighted by atomic mass is 10.2. The highest BCUT2D eigenvalue weighted by Crippen LogP contribution is 2.25. The Labute approximate surface area is 120 Å². The number of aliphatic hydroxyl groups excluding tert-OH is 1. The molecule has 1 saturated heterocycles. The summed E-state index contributed by atoms with van der Waals surface area (Å²) < 4.78 is 53.4. The van der Waals surface area contributed by atoms with E-state index in [0.717, 1.165) is 17.9 Å². The van der Waals surface area contributed by atoms with Gasteiger partial charge in [0.05, 0.1) is 12.2 Å². The molecule has 0 radical (unpaired) electrons. The molecule has 0 bridgehead atoms. The summed E-state index contributed by atoms with van der Waals surface area (Å²) in [5.41, 5.74) is -0.615. The van der Waals surface area contributed by atoms with Crippen molar-refractivity contribution in [2.24, 2.45) is 0 Å². The van der Waals surface area contributed by atoms with Crippen LogP contribution in [-0.2, 0) is 16.6 Å². The molecule has 1 aliphatic rings. The van der Waals surface area contributed by atoms with Crippen molar-refractivity contribution in [2.45, 2.75) is 17.9 Å². The van der Waals surface area contributed by atoms with Gasteiger partial charge in [0.25, 0.3) is 0 Å². The summed E-state index contributed by atoms with van der Waals surface area (Å²) in [4.78, 5) is -0.574. The minimum absolute atomic E-state index is 0.304. The average Bonchev–Trinajstić information content (AvgIpc) is 2.68. The van der Waals surface area contributed by atoms with Gasteiger partial charge in [-0.15, -0.1) is 0 Å². The van der Waals surface area contributed by atoms with Crippen molar-refractivity contribution in [3.05, 3.63) is 29.3 Å². The first-order valence-corrected chi connectivity index (χ1v) is 8.73. The lowest BCUT2D eigenvalue weighted by Gasteiger charge is -2.20. The third kappa shape index (κ3) is 2.98. The number of thioether (sulfide) groups is 1. The standard InChI is InChI=1S/C12H15F2NO3S2/c13-10-2-3-11(12(14)9(10)8-16)20(17,18)15-4-1-6-19-7-5-15/h2-3,16H,1,4-8H2. The number of sulfonamides is 1. The van der Waals surface area contributed by atoms with Crippen molar-refractivity contribution in [2.75, 3.05) is 24.6 Å². The van der Waals surface area contributed by atoms with Crippen molar-refractivity contribution < 1.29 is 22.3 Å². The Morgan fingerprint density at radius 2 is 2.00 bits per heavy atom. The highest BCUT2D eigenvalue weighted by atomic mass is 32.2. The number of hydrogen-bond acceptors (Lipinski definition) is 4. The normalized spacial score (nSPS) is 17.9. The lowest BCUT2D eigenvalue weighted by molar-refractivity contribution is 0.267. The third-order valence-electron chi connectivity index (χ3n) is 3.11. The van der Waals surface area contributed by atoms with E-state index >= 15 is 0 Å². The minimum Gasteiger partial charge on any atom is -0.391 e. The van der Waals surface area contributed by atoms with Gasteiger partial charge in [0.2, 0.25) is 10.0 Å². The fraction of sp³-hybridized carbons (Fsp3) is 0.500. The predicted molar refractivity (Wildman–Crippen MR) is 73.0 cm³/mol. The van der Waals surface area contributed by atoms with E-state index in [9.17, 15) is 17.2 Å². The smallest absolute Gasteiger partial charge is 0.246 e. The van der Waals surface area contributed by atoms with Crippen molar-refractivity contribution in [3.63, 3.8) is 0 Å². The quantitative estimate of drug-likeness (QED) is 0.918. The fourth-order valence-electron chi connectivity index (χ4n) is 2.02. The first-order chi connectivity index (χ1) is 9.48. The molecule has 0 aromatic heterocycles. The number of halogens is 2. The zero-order valence-corrected chi connectivity index (χ0v) is 12.3. The van der Waals surface area contributed by atoms with Crippen molar-refractivity contribution in [1.29, 1.82) is 0 Å². The molecule has 4 nitrogen and oxygen atoms in total. The maximum absolute atomic E-state index is 14.1. The van der Waals surface area contributed by atoms with Gasteiger partial charge in [0.1, 0.15) is 10.7 Å². The number of rotatable bonds is 3. The molecule has 0 amide bonds. The minimum atomic E-state index is -4.00. The van der Waals surface area contributed by atoms with Gasteiger partial charge in [-0.3, -0.25) is 0 Å². The molecule has 0 atom stereocenters. The maximum atomic E-state index is 14.1. The maximum Gasteiger partial charge on any atom is 0.246 e. The van der Waals surface area contributed by atoms with Gasteiger partial charge in [0.15, 0.2) is 5.82 Å². The molecule has 1 N–H and O–H groups in total. The molecule has 1 aliphatic heterocycles. The van der Waals surface area contributed by atoms with E-state index in [1.54, 1.807) is 11.8 Å². The highest BCUT2D eigenvalue weighted by Gasteiger charge is 2.29. The summed E-state index contributed by atoms with van der Waals surface area (Å²) in [5.74, 6) is -0.644. The van der Waals surface area contributed by atoms with Crippen LogP contribution in [0.15, 0.2) is 17.0 Å². The van der Waals surface area contributed by atoms with Crippen LogP contribution in [0.5, 0.6) is 0 Å². The van der Waals surface area contributed by atoms with Crippen LogP contribution >= 0.6 is 11.8 Å². The Hall–Kier alpha value is -0.700. The Morgan fingerprint density at radius 3 is 2.70 bits per heavy atom. The van der Waals surface area contributed by atoms with Crippen molar-refractivity contribution >= 4 is 21.8 Å². The van der Waals surface area contributed by atoms with Gasteiger partial charge < -0.3 is 5.11 Å². The van der Waals surface area contributed by atoms with E-state index in [2.05, 4.69) is 0 Å². The van der Waals surface area contributed by atoms with E-state index in [1.807, 2.05) is 0 Å². The second kappa shape index (κ2) is 6.38. The van der Waals surface area contributed by atoms with Gasteiger partial charge in [0, 0.05) is 18.8 Å². The SMILES string of the molecule is O=S(=O)(c1ccc(F)c(CO)c1F)N1CCCSCC1. The van der Waals surface area contributed by atoms with Crippen LogP contribution in [-0.4, -0.2) is 42.4 Å². The molecule has 0 spiro atoms. The van der Waals surface area contributed by atoms with Crippen LogP contribution in [0.1, 0.15) is 12.0 Å². The zero-order valence-electron chi connectivity index (χ0n) is 10.7. The van der Waals surface area contributed by atoms with Gasteiger partial charge in [-0.2, -0.15) is 16.1 Å². The van der Waals surface area contributed by atoms with Gasteiger partial charge in [-0.1, -0.05) is 0 Å². The molecule has 0 aliphatic carbocycles. The molecule has 2 rings (SSSR count). The molecule has 20 heavy (non-hydrogen) atoms. The van der Waals surface area contributed by atoms with E-state index in [1.165, 1.54) is 4.31 Å². The molecule has 112 valence electrons. The molecular formula is C12H15F2NO3S2. The van der Waals surface area contributed by atoms with Crippen LogP contribution in [0.3, 0.4) is 0 Å². The molecule has 0 unspecified atom stereocenters. The van der Waals surface area contributed by atoms with Gasteiger partial charge in [-0.05, 0) is 24.3 Å². The zero-order chi connectivity index (χ0) is 14.8. The van der Waals surface area contributed by atoms with Gasteiger partial charge >= 0.3 is 0 Å². The summed E-state index contributed by atoms with van der Waals surface area (Å²) in [5, 5.41) is 8.95. The molecule has 1 fully saturated rings. The Bertz CT molecular complexity index is 585. The van der Waals surface area contributed by atoms with E-state index in [4.69, 9.17) is 5.11 Å². The largest absolute Gasteiger partial charge is 0.391 e. The summed E-state index contributed by atoms with van der Waals surface area (Å²) in [7, 11) is -4.00. The second-order valence-electron chi connectivity index (χ2n) is 4.37. The number of aliphatic hydroxyl groups is 1. The summed E-state index contributed by atoms with van der Waals surface area (Å²) in [6.07, 6.45) is 0.694. The Morgan fingerprint density at radius 1 is 1.25 bits per heavy atom. The van der Waals surface area contributed by atoms with E-state index < -0.39 is 38.7 Å². The highest BCUT2D eigenvalue weighted by molar-refractivity contribution is 7.99. The molecular weight excluding hydrogens is 308 g/mol. The molecule has 1 aromatic rings. The third-order valence-corrected chi connectivity index (χ3v) is 6.07. The topological polar surface area (TPSA) is 57.6 Å². The van der Waals surface area contributed by atoms with Crippen molar-refractivity contribution in [1.82, 2.24) is 4.31 Å². The summed E-state index contributed by atoms with van der Waals surface area (Å²) >= 11 is 1.65. The van der Waals surface area contributed by atoms with Crippen LogP contribution < -0.4 is 0 Å². The Balaban J connectivity index is 2.43. The number of nitrogens with zero attached hydrogens (tertiary/aromatic N) is 1. The monoisotopic (exact) mass is 323 g/mol. The van der Waals surface area contributed by atoms with Gasteiger partial charge in [-0.25, -0.2) is 17.2 Å². The average molecular weight is 323 g/mol. The van der Waals surface area contributed by atoms with Crippen LogP contribution in [0.2, 0.25) is 0 Å². The number of benzene rings is 1. The van der Waals surface area contributed by atoms with Crippen molar-refractivity contribution in [3.8, 4) is 0 Å². The van der Waals surface area contributed by atoms with E-state index in [-0.39, 0.29) is 0 Å². The number of hydrogen-bond donors (Lipinski definition) is 1. The first-order valence-electron chi connectivity index (χ1n) is 6.14. The first kappa shape index (κ1) is 15.7. The lowest BCUT2D eigenvalue weighted by Crippen LogP contribution is -2.33. The van der Waals surface area contributed by atoms with Crippen LogP contribution in [0, 0.1) is 11.6 Å². The fourth-order valence-corrected chi connectivity index (χ4v) is 4.59. The Kier molecular flexibility index (Phi) is 5.00. The summed E-state index contributed by atoms with van der Waals surface area (Å²) in [6, 6.07) is 1.78. The molecule has 1 aromatic carbocycles. The van der Waals surface area contributed by atoms with E-state index in [0.29, 0.717) is 25.3 Å². The van der Waals surface area contributed by atoms with Crippen LogP contribution in [0.25, 0.3) is 0 Å². The molecule has 1 heterocycles. The van der Waals surface area contributed by atoms with Crippen LogP contribution in [0.4, 0.5) is 8.78 Å². The predicted octanol–water partition coefficient (Wildman–Crippen LogP) is 1.58. The second-order valence-corrected chi connectivity index (χ2v) is 7.50. The molecule has 8 heteroatoms. The molecule has 0 saturated carbocycles.